The van der Waals surface area contributed by atoms with Crippen LogP contribution in [-0.2, 0) is 22.6 Å². The van der Waals surface area contributed by atoms with Gasteiger partial charge in [-0.15, -0.1) is 0 Å². The van der Waals surface area contributed by atoms with Crippen LogP contribution in [0.3, 0.4) is 0 Å². The largest absolute Gasteiger partial charge is 0.497 e. The molecule has 2 rings (SSSR count). The van der Waals surface area contributed by atoms with Gasteiger partial charge in [0.15, 0.2) is 0 Å². The predicted molar refractivity (Wildman–Crippen MR) is 116 cm³/mol. The van der Waals surface area contributed by atoms with E-state index in [1.165, 1.54) is 0 Å². The third kappa shape index (κ3) is 6.79. The first-order chi connectivity index (χ1) is 14.0. The molecule has 0 saturated heterocycles. The lowest BCUT2D eigenvalue weighted by Crippen LogP contribution is -2.49. The van der Waals surface area contributed by atoms with Crippen LogP contribution in [0.4, 0.5) is 0 Å². The predicted octanol–water partition coefficient (Wildman–Crippen LogP) is 4.22. The number of benzene rings is 2. The van der Waals surface area contributed by atoms with Gasteiger partial charge in [0.05, 0.1) is 13.5 Å². The van der Waals surface area contributed by atoms with Crippen LogP contribution in [0.25, 0.3) is 0 Å². The van der Waals surface area contributed by atoms with Gasteiger partial charge in [0, 0.05) is 18.1 Å². The Morgan fingerprint density at radius 2 is 1.66 bits per heavy atom. The van der Waals surface area contributed by atoms with Gasteiger partial charge in [-0.05, 0) is 48.2 Å². The molecule has 0 aromatic heterocycles. The molecule has 2 aromatic rings. The molecule has 2 aromatic carbocycles. The first kappa shape index (κ1) is 22.8. The summed E-state index contributed by atoms with van der Waals surface area (Å²) in [5, 5.41) is 3.56. The van der Waals surface area contributed by atoms with Crippen LogP contribution >= 0.6 is 11.6 Å². The minimum atomic E-state index is -0.525. The van der Waals surface area contributed by atoms with E-state index in [1.807, 2.05) is 50.2 Å². The van der Waals surface area contributed by atoms with Gasteiger partial charge in [-0.25, -0.2) is 0 Å². The zero-order valence-electron chi connectivity index (χ0n) is 17.3. The Kier molecular flexibility index (Phi) is 9.00. The number of carbonyl (C=O) groups excluding carboxylic acids is 2. The van der Waals surface area contributed by atoms with Gasteiger partial charge in [-0.3, -0.25) is 9.59 Å². The molecule has 1 atom stereocenters. The average molecular weight is 417 g/mol. The van der Waals surface area contributed by atoms with Crippen molar-refractivity contribution >= 4 is 23.4 Å². The van der Waals surface area contributed by atoms with Crippen molar-refractivity contribution in [2.24, 2.45) is 0 Å². The lowest BCUT2D eigenvalue weighted by Gasteiger charge is -2.31. The van der Waals surface area contributed by atoms with Crippen molar-refractivity contribution in [2.75, 3.05) is 13.7 Å². The maximum Gasteiger partial charge on any atom is 0.242 e. The number of ether oxygens (including phenoxy) is 1. The van der Waals surface area contributed by atoms with Crippen LogP contribution in [-0.4, -0.2) is 36.4 Å². The van der Waals surface area contributed by atoms with Crippen molar-refractivity contribution in [2.45, 2.75) is 45.7 Å². The Morgan fingerprint density at radius 1 is 1.03 bits per heavy atom. The number of nitrogens with zero attached hydrogens (tertiary/aromatic N) is 1. The molecule has 2 amide bonds. The molecule has 0 aliphatic heterocycles. The topological polar surface area (TPSA) is 58.6 Å². The average Bonchev–Trinajstić information content (AvgIpc) is 2.74. The molecule has 0 saturated carbocycles. The Hall–Kier alpha value is -2.53. The van der Waals surface area contributed by atoms with Crippen LogP contribution < -0.4 is 10.1 Å². The van der Waals surface area contributed by atoms with Gasteiger partial charge in [0.25, 0.3) is 0 Å². The second kappa shape index (κ2) is 11.5. The molecule has 1 N–H and O–H groups in total. The molecule has 29 heavy (non-hydrogen) atoms. The molecule has 5 nitrogen and oxygen atoms in total. The Morgan fingerprint density at radius 3 is 2.21 bits per heavy atom. The SMILES string of the molecule is CCCNC(=O)C(CC)N(Cc1ccc(Cl)cc1)C(=O)Cc1ccc(OC)cc1. The Labute approximate surface area is 178 Å². The molecule has 0 fully saturated rings. The van der Waals surface area contributed by atoms with Crippen molar-refractivity contribution in [3.8, 4) is 5.75 Å². The number of hydrogen-bond donors (Lipinski definition) is 1. The summed E-state index contributed by atoms with van der Waals surface area (Å²) in [6.07, 6.45) is 1.60. The quantitative estimate of drug-likeness (QED) is 0.630. The molecular weight excluding hydrogens is 388 g/mol. The molecule has 0 aliphatic carbocycles. The third-order valence-corrected chi connectivity index (χ3v) is 4.97. The van der Waals surface area contributed by atoms with E-state index in [4.69, 9.17) is 16.3 Å². The summed E-state index contributed by atoms with van der Waals surface area (Å²) in [4.78, 5) is 27.6. The van der Waals surface area contributed by atoms with E-state index in [0.29, 0.717) is 24.5 Å². The summed E-state index contributed by atoms with van der Waals surface area (Å²) < 4.78 is 5.18. The van der Waals surface area contributed by atoms with Crippen molar-refractivity contribution in [1.29, 1.82) is 0 Å². The summed E-state index contributed by atoms with van der Waals surface area (Å²) in [6.45, 7) is 4.87. The number of nitrogens with one attached hydrogen (secondary N) is 1. The van der Waals surface area contributed by atoms with Gasteiger partial charge in [-0.2, -0.15) is 0 Å². The van der Waals surface area contributed by atoms with Gasteiger partial charge >= 0.3 is 0 Å². The van der Waals surface area contributed by atoms with E-state index in [-0.39, 0.29) is 18.2 Å². The minimum Gasteiger partial charge on any atom is -0.497 e. The molecule has 0 bridgehead atoms. The molecule has 0 aliphatic rings. The fourth-order valence-electron chi connectivity index (χ4n) is 3.09. The van der Waals surface area contributed by atoms with E-state index in [2.05, 4.69) is 5.32 Å². The molecule has 1 unspecified atom stereocenters. The smallest absolute Gasteiger partial charge is 0.242 e. The molecule has 6 heteroatoms. The van der Waals surface area contributed by atoms with Crippen LogP contribution in [0, 0.1) is 0 Å². The fourth-order valence-corrected chi connectivity index (χ4v) is 3.22. The van der Waals surface area contributed by atoms with Gasteiger partial charge in [0.1, 0.15) is 11.8 Å². The van der Waals surface area contributed by atoms with E-state index < -0.39 is 6.04 Å². The van der Waals surface area contributed by atoms with Crippen molar-refractivity contribution in [1.82, 2.24) is 10.2 Å². The Balaban J connectivity index is 2.23. The number of methoxy groups -OCH3 is 1. The summed E-state index contributed by atoms with van der Waals surface area (Å²) in [5.74, 6) is 0.527. The van der Waals surface area contributed by atoms with Crippen LogP contribution in [0.2, 0.25) is 5.02 Å². The van der Waals surface area contributed by atoms with Crippen LogP contribution in [0.15, 0.2) is 48.5 Å². The zero-order chi connectivity index (χ0) is 21.2. The summed E-state index contributed by atoms with van der Waals surface area (Å²) in [7, 11) is 1.61. The highest BCUT2D eigenvalue weighted by Gasteiger charge is 2.28. The lowest BCUT2D eigenvalue weighted by molar-refractivity contribution is -0.140. The number of amides is 2. The van der Waals surface area contributed by atoms with Gasteiger partial charge in [0.2, 0.25) is 11.8 Å². The highest BCUT2D eigenvalue weighted by molar-refractivity contribution is 6.30. The number of hydrogen-bond acceptors (Lipinski definition) is 3. The highest BCUT2D eigenvalue weighted by atomic mass is 35.5. The highest BCUT2D eigenvalue weighted by Crippen LogP contribution is 2.18. The van der Waals surface area contributed by atoms with Crippen LogP contribution in [0.5, 0.6) is 5.75 Å². The molecule has 0 heterocycles. The summed E-state index contributed by atoms with van der Waals surface area (Å²) >= 11 is 5.99. The fraction of sp³-hybridized carbons (Fsp3) is 0.391. The van der Waals surface area contributed by atoms with E-state index in [1.54, 1.807) is 24.1 Å². The summed E-state index contributed by atoms with van der Waals surface area (Å²) in [6, 6.07) is 14.2. The summed E-state index contributed by atoms with van der Waals surface area (Å²) in [5.41, 5.74) is 1.81. The lowest BCUT2D eigenvalue weighted by atomic mass is 10.1. The maximum atomic E-state index is 13.2. The van der Waals surface area contributed by atoms with E-state index >= 15 is 0 Å². The normalized spacial score (nSPS) is 11.6. The monoisotopic (exact) mass is 416 g/mol. The molecular formula is C23H29ClN2O3. The Bertz CT molecular complexity index is 791. The second-order valence-corrected chi connectivity index (χ2v) is 7.32. The number of rotatable bonds is 10. The van der Waals surface area contributed by atoms with Gasteiger partial charge in [-0.1, -0.05) is 49.7 Å². The first-order valence-electron chi connectivity index (χ1n) is 9.93. The molecule has 0 radical (unpaired) electrons. The molecule has 0 spiro atoms. The zero-order valence-corrected chi connectivity index (χ0v) is 18.0. The number of halogens is 1. The van der Waals surface area contributed by atoms with E-state index in [9.17, 15) is 9.59 Å². The van der Waals surface area contributed by atoms with Crippen molar-refractivity contribution in [3.05, 3.63) is 64.7 Å². The van der Waals surface area contributed by atoms with Crippen molar-refractivity contribution < 1.29 is 14.3 Å². The van der Waals surface area contributed by atoms with Gasteiger partial charge < -0.3 is 15.0 Å². The number of carbonyl (C=O) groups is 2. The third-order valence-electron chi connectivity index (χ3n) is 4.72. The first-order valence-corrected chi connectivity index (χ1v) is 10.3. The van der Waals surface area contributed by atoms with Crippen LogP contribution in [0.1, 0.15) is 37.8 Å². The second-order valence-electron chi connectivity index (χ2n) is 6.89. The minimum absolute atomic E-state index is 0.0939. The standard InChI is InChI=1S/C23H29ClN2O3/c1-4-14-25-23(28)21(5-2)26(16-18-6-10-19(24)11-7-18)22(27)15-17-8-12-20(29-3)13-9-17/h6-13,21H,4-5,14-16H2,1-3H3,(H,25,28). The maximum absolute atomic E-state index is 13.2. The van der Waals surface area contributed by atoms with E-state index in [0.717, 1.165) is 23.3 Å². The molecule has 156 valence electrons. The van der Waals surface area contributed by atoms with Crippen molar-refractivity contribution in [3.63, 3.8) is 0 Å².